The molecule has 5 nitrogen and oxygen atoms in total. The molecule has 20 heavy (non-hydrogen) atoms. The third kappa shape index (κ3) is 3.47. The number of anilines is 1. The van der Waals surface area contributed by atoms with E-state index in [1.165, 1.54) is 12.3 Å². The first-order valence-electron chi connectivity index (χ1n) is 5.85. The summed E-state index contributed by atoms with van der Waals surface area (Å²) in [6, 6.07) is 8.86. The number of aromatic nitrogens is 1. The van der Waals surface area contributed by atoms with Gasteiger partial charge in [0.05, 0.1) is 5.02 Å². The van der Waals surface area contributed by atoms with E-state index in [1.807, 2.05) is 31.2 Å². The number of aryl methyl sites for hydroxylation is 1. The Morgan fingerprint density at radius 1 is 1.30 bits per heavy atom. The number of hydrogen-bond donors (Lipinski definition) is 2. The first-order valence-corrected chi connectivity index (χ1v) is 7.71. The van der Waals surface area contributed by atoms with Crippen molar-refractivity contribution in [1.82, 2.24) is 9.71 Å². The lowest BCUT2D eigenvalue weighted by atomic mass is 10.2. The molecule has 2 rings (SSSR count). The van der Waals surface area contributed by atoms with E-state index in [9.17, 15) is 8.42 Å². The first-order chi connectivity index (χ1) is 9.38. The van der Waals surface area contributed by atoms with E-state index in [1.54, 1.807) is 0 Å². The molecule has 0 amide bonds. The van der Waals surface area contributed by atoms with Crippen LogP contribution >= 0.6 is 11.6 Å². The highest BCUT2D eigenvalue weighted by Gasteiger charge is 2.15. The second-order valence-corrected chi connectivity index (χ2v) is 6.52. The molecule has 0 saturated heterocycles. The van der Waals surface area contributed by atoms with Crippen LogP contribution in [0.3, 0.4) is 0 Å². The summed E-state index contributed by atoms with van der Waals surface area (Å²) in [7, 11) is -3.66. The van der Waals surface area contributed by atoms with E-state index in [0.717, 1.165) is 11.1 Å². The molecule has 1 aromatic carbocycles. The highest BCUT2D eigenvalue weighted by Crippen LogP contribution is 2.19. The lowest BCUT2D eigenvalue weighted by Gasteiger charge is -2.08. The van der Waals surface area contributed by atoms with Gasteiger partial charge in [0.15, 0.2) is 0 Å². The fourth-order valence-electron chi connectivity index (χ4n) is 1.55. The van der Waals surface area contributed by atoms with Crippen molar-refractivity contribution in [3.05, 3.63) is 52.7 Å². The van der Waals surface area contributed by atoms with Crippen molar-refractivity contribution < 1.29 is 8.42 Å². The van der Waals surface area contributed by atoms with Crippen LogP contribution in [0.5, 0.6) is 0 Å². The summed E-state index contributed by atoms with van der Waals surface area (Å²) in [5.74, 6) is 0.101. The van der Waals surface area contributed by atoms with Crippen LogP contribution in [-0.2, 0) is 16.6 Å². The number of nitrogens with zero attached hydrogens (tertiary/aromatic N) is 1. The van der Waals surface area contributed by atoms with Crippen molar-refractivity contribution in [2.24, 2.45) is 0 Å². The van der Waals surface area contributed by atoms with Crippen LogP contribution < -0.4 is 10.5 Å². The van der Waals surface area contributed by atoms with E-state index in [4.69, 9.17) is 17.3 Å². The van der Waals surface area contributed by atoms with E-state index in [2.05, 4.69) is 9.71 Å². The minimum Gasteiger partial charge on any atom is -0.382 e. The van der Waals surface area contributed by atoms with Gasteiger partial charge in [-0.25, -0.2) is 18.1 Å². The molecule has 0 bridgehead atoms. The van der Waals surface area contributed by atoms with E-state index < -0.39 is 10.0 Å². The van der Waals surface area contributed by atoms with Gasteiger partial charge in [0.2, 0.25) is 10.0 Å². The Hall–Kier alpha value is -1.63. The number of pyridine rings is 1. The predicted molar refractivity (Wildman–Crippen MR) is 78.9 cm³/mol. The molecule has 0 saturated carbocycles. The Bertz CT molecular complexity index is 715. The van der Waals surface area contributed by atoms with Gasteiger partial charge in [-0.1, -0.05) is 41.4 Å². The minimum atomic E-state index is -3.66. The monoisotopic (exact) mass is 311 g/mol. The number of rotatable bonds is 4. The van der Waals surface area contributed by atoms with Gasteiger partial charge >= 0.3 is 0 Å². The number of nitrogens with one attached hydrogen (secondary N) is 1. The standard InChI is InChI=1S/C13H14ClN3O2S/c1-9-2-4-10(5-3-9)7-17-20(18,19)11-6-12(14)13(15)16-8-11/h2-6,8,17H,7H2,1H3,(H2,15,16). The molecular weight excluding hydrogens is 298 g/mol. The smallest absolute Gasteiger partial charge is 0.242 e. The summed E-state index contributed by atoms with van der Waals surface area (Å²) in [6.45, 7) is 2.17. The zero-order valence-corrected chi connectivity index (χ0v) is 12.4. The number of nitrogens with two attached hydrogens (primary N) is 1. The maximum absolute atomic E-state index is 12.1. The molecular formula is C13H14ClN3O2S. The lowest BCUT2D eigenvalue weighted by molar-refractivity contribution is 0.581. The second kappa shape index (κ2) is 5.78. The average Bonchev–Trinajstić information content (AvgIpc) is 2.41. The van der Waals surface area contributed by atoms with Crippen molar-refractivity contribution in [1.29, 1.82) is 0 Å². The molecule has 2 aromatic rings. The summed E-state index contributed by atoms with van der Waals surface area (Å²) >= 11 is 5.77. The molecule has 1 heterocycles. The van der Waals surface area contributed by atoms with Crippen LogP contribution in [0, 0.1) is 6.92 Å². The Balaban J connectivity index is 2.14. The van der Waals surface area contributed by atoms with Gasteiger partial charge in [-0.05, 0) is 18.6 Å². The quantitative estimate of drug-likeness (QED) is 0.905. The van der Waals surface area contributed by atoms with Crippen LogP contribution in [0.1, 0.15) is 11.1 Å². The van der Waals surface area contributed by atoms with Crippen LogP contribution in [-0.4, -0.2) is 13.4 Å². The molecule has 0 spiro atoms. The largest absolute Gasteiger partial charge is 0.382 e. The van der Waals surface area contributed by atoms with Crippen LogP contribution in [0.4, 0.5) is 5.82 Å². The van der Waals surface area contributed by atoms with Gasteiger partial charge in [-0.3, -0.25) is 0 Å². The van der Waals surface area contributed by atoms with Crippen LogP contribution in [0.25, 0.3) is 0 Å². The Kier molecular flexibility index (Phi) is 4.27. The number of benzene rings is 1. The lowest BCUT2D eigenvalue weighted by Crippen LogP contribution is -2.23. The Labute approximate surface area is 122 Å². The summed E-state index contributed by atoms with van der Waals surface area (Å²) in [5, 5.41) is 0.114. The molecule has 7 heteroatoms. The first kappa shape index (κ1) is 14.8. The number of nitrogen functional groups attached to an aromatic ring is 1. The second-order valence-electron chi connectivity index (χ2n) is 4.35. The number of sulfonamides is 1. The molecule has 106 valence electrons. The highest BCUT2D eigenvalue weighted by atomic mass is 35.5. The molecule has 0 aliphatic rings. The van der Waals surface area contributed by atoms with Crippen LogP contribution in [0.15, 0.2) is 41.4 Å². The summed E-state index contributed by atoms with van der Waals surface area (Å²) in [4.78, 5) is 3.73. The summed E-state index contributed by atoms with van der Waals surface area (Å²) in [5.41, 5.74) is 7.44. The zero-order chi connectivity index (χ0) is 14.8. The SMILES string of the molecule is Cc1ccc(CNS(=O)(=O)c2cnc(N)c(Cl)c2)cc1. The Morgan fingerprint density at radius 3 is 2.55 bits per heavy atom. The Morgan fingerprint density at radius 2 is 1.95 bits per heavy atom. The van der Waals surface area contributed by atoms with Gasteiger partial charge in [0, 0.05) is 12.7 Å². The van der Waals surface area contributed by atoms with Crippen molar-refractivity contribution in [3.8, 4) is 0 Å². The molecule has 1 aromatic heterocycles. The maximum atomic E-state index is 12.1. The van der Waals surface area contributed by atoms with Crippen LogP contribution in [0.2, 0.25) is 5.02 Å². The summed E-state index contributed by atoms with van der Waals surface area (Å²) < 4.78 is 26.7. The maximum Gasteiger partial charge on any atom is 0.242 e. The molecule has 0 aliphatic heterocycles. The third-order valence-electron chi connectivity index (χ3n) is 2.74. The number of halogens is 1. The van der Waals surface area contributed by atoms with Crippen molar-refractivity contribution in [2.45, 2.75) is 18.4 Å². The van der Waals surface area contributed by atoms with E-state index >= 15 is 0 Å². The molecule has 3 N–H and O–H groups in total. The van der Waals surface area contributed by atoms with E-state index in [-0.39, 0.29) is 22.3 Å². The molecule has 0 radical (unpaired) electrons. The third-order valence-corrected chi connectivity index (χ3v) is 4.41. The van der Waals surface area contributed by atoms with Gasteiger partial charge in [0.1, 0.15) is 10.7 Å². The van der Waals surface area contributed by atoms with Crippen molar-refractivity contribution in [2.75, 3.05) is 5.73 Å². The van der Waals surface area contributed by atoms with Gasteiger partial charge in [-0.2, -0.15) is 0 Å². The fraction of sp³-hybridized carbons (Fsp3) is 0.154. The van der Waals surface area contributed by atoms with Crippen molar-refractivity contribution in [3.63, 3.8) is 0 Å². The predicted octanol–water partition coefficient (Wildman–Crippen LogP) is 2.10. The summed E-state index contributed by atoms with van der Waals surface area (Å²) in [6.07, 6.45) is 1.18. The fourth-order valence-corrected chi connectivity index (χ4v) is 2.76. The zero-order valence-electron chi connectivity index (χ0n) is 10.8. The normalized spacial score (nSPS) is 11.5. The highest BCUT2D eigenvalue weighted by molar-refractivity contribution is 7.89. The van der Waals surface area contributed by atoms with Gasteiger partial charge in [0.25, 0.3) is 0 Å². The molecule has 0 atom stereocenters. The van der Waals surface area contributed by atoms with Crippen molar-refractivity contribution >= 4 is 27.4 Å². The topological polar surface area (TPSA) is 85.1 Å². The average molecular weight is 312 g/mol. The van der Waals surface area contributed by atoms with Gasteiger partial charge in [-0.15, -0.1) is 0 Å². The van der Waals surface area contributed by atoms with E-state index in [0.29, 0.717) is 0 Å². The molecule has 0 fully saturated rings. The molecule has 0 aliphatic carbocycles. The molecule has 0 unspecified atom stereocenters. The van der Waals surface area contributed by atoms with Gasteiger partial charge < -0.3 is 5.73 Å². The minimum absolute atomic E-state index is 0.0104. The number of hydrogen-bond acceptors (Lipinski definition) is 4.